The average Bonchev–Trinajstić information content (AvgIpc) is 2.34. The van der Waals surface area contributed by atoms with Crippen LogP contribution in [0, 0.1) is 5.92 Å². The SMILES string of the molecule is CC1=C(C(C)C)C(c2ccccc2)N(C)C(=O)N1. The van der Waals surface area contributed by atoms with E-state index in [1.807, 2.05) is 32.2 Å². The van der Waals surface area contributed by atoms with Gasteiger partial charge in [-0.3, -0.25) is 0 Å². The van der Waals surface area contributed by atoms with Gasteiger partial charge in [0.1, 0.15) is 0 Å². The lowest BCUT2D eigenvalue weighted by molar-refractivity contribution is 0.191. The average molecular weight is 244 g/mol. The molecule has 2 amide bonds. The van der Waals surface area contributed by atoms with Crippen LogP contribution in [0.25, 0.3) is 0 Å². The highest BCUT2D eigenvalue weighted by Crippen LogP contribution is 2.36. The second-order valence-corrected chi connectivity index (χ2v) is 5.09. The van der Waals surface area contributed by atoms with Crippen molar-refractivity contribution in [2.75, 3.05) is 7.05 Å². The third kappa shape index (κ3) is 2.13. The van der Waals surface area contributed by atoms with E-state index in [1.54, 1.807) is 4.90 Å². The molecule has 1 aliphatic rings. The minimum absolute atomic E-state index is 0.0363. The first-order chi connectivity index (χ1) is 8.52. The highest BCUT2D eigenvalue weighted by Gasteiger charge is 2.32. The Labute approximate surface area is 108 Å². The Morgan fingerprint density at radius 3 is 2.39 bits per heavy atom. The fraction of sp³-hybridized carbons (Fsp3) is 0.400. The van der Waals surface area contributed by atoms with Crippen molar-refractivity contribution < 1.29 is 4.79 Å². The summed E-state index contributed by atoms with van der Waals surface area (Å²) >= 11 is 0. The molecule has 0 aromatic heterocycles. The Morgan fingerprint density at radius 2 is 1.83 bits per heavy atom. The van der Waals surface area contributed by atoms with Gasteiger partial charge in [-0.25, -0.2) is 4.79 Å². The molecule has 3 heteroatoms. The Bertz CT molecular complexity index is 477. The maximum Gasteiger partial charge on any atom is 0.322 e. The topological polar surface area (TPSA) is 32.3 Å². The zero-order chi connectivity index (χ0) is 13.3. The molecule has 3 nitrogen and oxygen atoms in total. The van der Waals surface area contributed by atoms with Crippen LogP contribution >= 0.6 is 0 Å². The summed E-state index contributed by atoms with van der Waals surface area (Å²) in [6.07, 6.45) is 0. The number of nitrogens with zero attached hydrogens (tertiary/aromatic N) is 1. The summed E-state index contributed by atoms with van der Waals surface area (Å²) in [5.74, 6) is 0.401. The van der Waals surface area contributed by atoms with Gasteiger partial charge >= 0.3 is 6.03 Å². The van der Waals surface area contributed by atoms with Gasteiger partial charge in [-0.2, -0.15) is 0 Å². The van der Waals surface area contributed by atoms with Crippen molar-refractivity contribution in [1.29, 1.82) is 0 Å². The Kier molecular flexibility index (Phi) is 3.41. The van der Waals surface area contributed by atoms with E-state index in [0.29, 0.717) is 5.92 Å². The molecule has 1 N–H and O–H groups in total. The Morgan fingerprint density at radius 1 is 1.22 bits per heavy atom. The molecule has 1 aliphatic heterocycles. The molecule has 0 saturated heterocycles. The highest BCUT2D eigenvalue weighted by molar-refractivity contribution is 5.78. The van der Waals surface area contributed by atoms with Gasteiger partial charge in [-0.15, -0.1) is 0 Å². The quantitative estimate of drug-likeness (QED) is 0.850. The molecule has 1 aromatic rings. The van der Waals surface area contributed by atoms with E-state index in [1.165, 1.54) is 5.57 Å². The van der Waals surface area contributed by atoms with Gasteiger partial charge in [0.25, 0.3) is 0 Å². The molecule has 1 aromatic carbocycles. The summed E-state index contributed by atoms with van der Waals surface area (Å²) in [7, 11) is 1.85. The van der Waals surface area contributed by atoms with Crippen LogP contribution in [-0.4, -0.2) is 18.0 Å². The number of hydrogen-bond donors (Lipinski definition) is 1. The number of nitrogens with one attached hydrogen (secondary N) is 1. The smallest absolute Gasteiger partial charge is 0.317 e. The van der Waals surface area contributed by atoms with Crippen LogP contribution in [-0.2, 0) is 0 Å². The minimum Gasteiger partial charge on any atom is -0.317 e. The fourth-order valence-corrected chi connectivity index (χ4v) is 2.64. The molecule has 0 aliphatic carbocycles. The zero-order valence-electron chi connectivity index (χ0n) is 11.4. The van der Waals surface area contributed by atoms with E-state index in [2.05, 4.69) is 31.3 Å². The lowest BCUT2D eigenvalue weighted by Crippen LogP contribution is -2.45. The van der Waals surface area contributed by atoms with Gasteiger partial charge in [0.2, 0.25) is 0 Å². The number of amides is 2. The molecule has 1 atom stereocenters. The molecule has 0 spiro atoms. The van der Waals surface area contributed by atoms with Crippen molar-refractivity contribution in [3.8, 4) is 0 Å². The second kappa shape index (κ2) is 4.84. The molecular weight excluding hydrogens is 224 g/mol. The van der Waals surface area contributed by atoms with Crippen LogP contribution < -0.4 is 5.32 Å². The third-order valence-electron chi connectivity index (χ3n) is 3.47. The van der Waals surface area contributed by atoms with E-state index < -0.39 is 0 Å². The van der Waals surface area contributed by atoms with E-state index in [-0.39, 0.29) is 12.1 Å². The molecule has 0 bridgehead atoms. The van der Waals surface area contributed by atoms with Crippen molar-refractivity contribution in [1.82, 2.24) is 10.2 Å². The molecule has 18 heavy (non-hydrogen) atoms. The predicted octanol–water partition coefficient (Wildman–Crippen LogP) is 3.31. The van der Waals surface area contributed by atoms with Crippen LogP contribution in [0.5, 0.6) is 0 Å². The third-order valence-corrected chi connectivity index (χ3v) is 3.47. The Hall–Kier alpha value is -1.77. The monoisotopic (exact) mass is 244 g/mol. The highest BCUT2D eigenvalue weighted by atomic mass is 16.2. The first-order valence-electron chi connectivity index (χ1n) is 6.31. The summed E-state index contributed by atoms with van der Waals surface area (Å²) in [6, 6.07) is 10.2. The second-order valence-electron chi connectivity index (χ2n) is 5.09. The van der Waals surface area contributed by atoms with Crippen molar-refractivity contribution >= 4 is 6.03 Å². The summed E-state index contributed by atoms with van der Waals surface area (Å²) in [4.78, 5) is 13.7. The number of carbonyl (C=O) groups is 1. The number of benzene rings is 1. The van der Waals surface area contributed by atoms with E-state index in [9.17, 15) is 4.79 Å². The Balaban J connectivity index is 2.52. The van der Waals surface area contributed by atoms with E-state index >= 15 is 0 Å². The number of hydrogen-bond acceptors (Lipinski definition) is 1. The van der Waals surface area contributed by atoms with Gasteiger partial charge in [-0.1, -0.05) is 44.2 Å². The lowest BCUT2D eigenvalue weighted by atomic mass is 9.87. The van der Waals surface area contributed by atoms with Crippen LogP contribution in [0.15, 0.2) is 41.6 Å². The molecule has 2 rings (SSSR count). The van der Waals surface area contributed by atoms with Crippen LogP contribution in [0.3, 0.4) is 0 Å². The first-order valence-corrected chi connectivity index (χ1v) is 6.31. The van der Waals surface area contributed by atoms with Crippen molar-refractivity contribution in [2.24, 2.45) is 5.92 Å². The minimum atomic E-state index is -0.0363. The summed E-state index contributed by atoms with van der Waals surface area (Å²) in [5.41, 5.74) is 3.43. The van der Waals surface area contributed by atoms with Gasteiger partial charge in [0.05, 0.1) is 6.04 Å². The lowest BCUT2D eigenvalue weighted by Gasteiger charge is -2.38. The van der Waals surface area contributed by atoms with Crippen molar-refractivity contribution in [3.63, 3.8) is 0 Å². The molecule has 1 unspecified atom stereocenters. The molecule has 0 fully saturated rings. The van der Waals surface area contributed by atoms with Crippen LogP contribution in [0.2, 0.25) is 0 Å². The van der Waals surface area contributed by atoms with Crippen LogP contribution in [0.4, 0.5) is 4.79 Å². The van der Waals surface area contributed by atoms with E-state index in [0.717, 1.165) is 11.3 Å². The first kappa shape index (κ1) is 12.7. The van der Waals surface area contributed by atoms with Gasteiger partial charge in [0.15, 0.2) is 0 Å². The van der Waals surface area contributed by atoms with Crippen LogP contribution in [0.1, 0.15) is 32.4 Å². The number of allylic oxidation sites excluding steroid dienone is 1. The van der Waals surface area contributed by atoms with Crippen molar-refractivity contribution in [3.05, 3.63) is 47.2 Å². The zero-order valence-corrected chi connectivity index (χ0v) is 11.4. The number of urea groups is 1. The predicted molar refractivity (Wildman–Crippen MR) is 73.0 cm³/mol. The normalized spacial score (nSPS) is 20.4. The maximum absolute atomic E-state index is 11.9. The van der Waals surface area contributed by atoms with E-state index in [4.69, 9.17) is 0 Å². The number of rotatable bonds is 2. The summed E-state index contributed by atoms with van der Waals surface area (Å²) in [5, 5.41) is 2.93. The molecular formula is C15H20N2O. The molecule has 0 radical (unpaired) electrons. The van der Waals surface area contributed by atoms with Crippen molar-refractivity contribution in [2.45, 2.75) is 26.8 Å². The molecule has 1 heterocycles. The maximum atomic E-state index is 11.9. The molecule has 0 saturated carbocycles. The number of carbonyl (C=O) groups excluding carboxylic acids is 1. The standard InChI is InChI=1S/C15H20N2O/c1-10(2)13-11(3)16-15(18)17(4)14(13)12-8-6-5-7-9-12/h5-10,14H,1-4H3,(H,16,18). The van der Waals surface area contributed by atoms with Gasteiger partial charge in [-0.05, 0) is 24.0 Å². The van der Waals surface area contributed by atoms with Gasteiger partial charge in [0, 0.05) is 12.7 Å². The molecule has 96 valence electrons. The summed E-state index contributed by atoms with van der Waals surface area (Å²) < 4.78 is 0. The summed E-state index contributed by atoms with van der Waals surface area (Å²) in [6.45, 7) is 6.32. The number of likely N-dealkylation sites (N-methyl/N-ethyl adjacent to an activating group) is 1. The van der Waals surface area contributed by atoms with Gasteiger partial charge < -0.3 is 10.2 Å². The fourth-order valence-electron chi connectivity index (χ4n) is 2.64. The largest absolute Gasteiger partial charge is 0.322 e.